The van der Waals surface area contributed by atoms with Crippen LogP contribution in [0.25, 0.3) is 11.3 Å². The second-order valence-electron chi connectivity index (χ2n) is 7.52. The summed E-state index contributed by atoms with van der Waals surface area (Å²) in [5, 5.41) is 14.1. The number of carbonyl (C=O) groups excluding carboxylic acids is 2. The molecule has 4 rings (SSSR count). The number of H-pyrrole nitrogens is 1. The van der Waals surface area contributed by atoms with E-state index in [4.69, 9.17) is 0 Å². The summed E-state index contributed by atoms with van der Waals surface area (Å²) in [6, 6.07) is 23.3. The number of nitrogens with one attached hydrogen (secondary N) is 3. The highest BCUT2D eigenvalue weighted by molar-refractivity contribution is 7.99. The van der Waals surface area contributed by atoms with Crippen LogP contribution in [0.2, 0.25) is 0 Å². The molecule has 0 aliphatic carbocycles. The van der Waals surface area contributed by atoms with Gasteiger partial charge in [-0.25, -0.2) is 0 Å². The third-order valence-electron chi connectivity index (χ3n) is 5.16. The zero-order chi connectivity index (χ0) is 24.6. The Kier molecular flexibility index (Phi) is 7.69. The van der Waals surface area contributed by atoms with E-state index in [9.17, 15) is 14.4 Å². The zero-order valence-electron chi connectivity index (χ0n) is 18.9. The Morgan fingerprint density at radius 3 is 2.29 bits per heavy atom. The molecule has 3 aromatic carbocycles. The fourth-order valence-electron chi connectivity index (χ4n) is 3.42. The highest BCUT2D eigenvalue weighted by Crippen LogP contribution is 2.25. The smallest absolute Gasteiger partial charge is 0.278 e. The molecule has 0 aliphatic rings. The highest BCUT2D eigenvalue weighted by Gasteiger charge is 2.15. The molecule has 0 saturated carbocycles. The number of aromatic amines is 1. The molecule has 0 bridgehead atoms. The Labute approximate surface area is 206 Å². The summed E-state index contributed by atoms with van der Waals surface area (Å²) >= 11 is 1.08. The Morgan fingerprint density at radius 2 is 1.54 bits per heavy atom. The Hall–Kier alpha value is -4.24. The lowest BCUT2D eigenvalue weighted by atomic mass is 10.1. The van der Waals surface area contributed by atoms with E-state index in [-0.39, 0.29) is 28.4 Å². The number of nitrogens with zero attached hydrogens (tertiary/aromatic N) is 2. The molecule has 2 amide bonds. The van der Waals surface area contributed by atoms with Crippen molar-refractivity contribution in [3.8, 4) is 11.3 Å². The Balaban J connectivity index is 1.46. The van der Waals surface area contributed by atoms with Crippen molar-refractivity contribution in [1.82, 2.24) is 15.2 Å². The van der Waals surface area contributed by atoms with E-state index >= 15 is 0 Å². The van der Waals surface area contributed by atoms with Gasteiger partial charge >= 0.3 is 0 Å². The molecular formula is C26H23N5O3S. The van der Waals surface area contributed by atoms with Gasteiger partial charge in [-0.15, -0.1) is 10.2 Å². The molecule has 0 spiro atoms. The third-order valence-corrected chi connectivity index (χ3v) is 6.02. The normalized spacial score (nSPS) is 10.5. The molecule has 8 nitrogen and oxygen atoms in total. The first-order valence-corrected chi connectivity index (χ1v) is 12.0. The minimum atomic E-state index is -0.472. The van der Waals surface area contributed by atoms with Crippen LogP contribution in [-0.2, 0) is 11.2 Å². The lowest BCUT2D eigenvalue weighted by Gasteiger charge is -2.10. The van der Waals surface area contributed by atoms with Crippen LogP contribution in [-0.4, -0.2) is 32.7 Å². The van der Waals surface area contributed by atoms with E-state index < -0.39 is 5.56 Å². The quantitative estimate of drug-likeness (QED) is 0.319. The molecule has 0 saturated heterocycles. The van der Waals surface area contributed by atoms with Gasteiger partial charge in [0.15, 0.2) is 10.9 Å². The number of anilines is 2. The number of carbonyl (C=O) groups is 2. The van der Waals surface area contributed by atoms with Gasteiger partial charge in [0.2, 0.25) is 5.91 Å². The molecule has 1 aromatic heterocycles. The minimum Gasteiger partial charge on any atom is -0.325 e. The Morgan fingerprint density at radius 1 is 0.857 bits per heavy atom. The molecule has 4 aromatic rings. The number of aryl methyl sites for hydroxylation is 1. The molecular weight excluding hydrogens is 462 g/mol. The number of amides is 2. The fourth-order valence-corrected chi connectivity index (χ4v) is 4.02. The molecule has 1 heterocycles. The average Bonchev–Trinajstić information content (AvgIpc) is 2.89. The maximum absolute atomic E-state index is 12.8. The fraction of sp³-hybridized carbons (Fsp3) is 0.115. The number of benzene rings is 3. The molecule has 0 radical (unpaired) electrons. The van der Waals surface area contributed by atoms with Crippen molar-refractivity contribution in [2.45, 2.75) is 18.5 Å². The second kappa shape index (κ2) is 11.3. The average molecular weight is 486 g/mol. The molecule has 0 atom stereocenters. The van der Waals surface area contributed by atoms with Crippen molar-refractivity contribution >= 4 is 35.0 Å². The number of rotatable bonds is 8. The third kappa shape index (κ3) is 6.01. The number of para-hydroxylation sites is 2. The Bertz CT molecular complexity index is 1410. The standard InChI is InChI=1S/C26H23N5O3S/c1-2-17-10-6-8-14-20(17)27-22(32)16-35-26-29-25(34)23(30-31-26)19-13-7-9-15-21(19)28-24(33)18-11-4-3-5-12-18/h3-15H,2,16H2,1H3,(H,27,32)(H,28,33)(H,29,31,34). The van der Waals surface area contributed by atoms with Gasteiger partial charge in [0, 0.05) is 16.8 Å². The summed E-state index contributed by atoms with van der Waals surface area (Å²) in [5.41, 5.74) is 2.78. The maximum Gasteiger partial charge on any atom is 0.278 e. The SMILES string of the molecule is CCc1ccccc1NC(=O)CSc1nnc(-c2ccccc2NC(=O)c2ccccc2)c(=O)[nH]1. The lowest BCUT2D eigenvalue weighted by molar-refractivity contribution is -0.113. The molecule has 0 aliphatic heterocycles. The predicted octanol–water partition coefficient (Wildman–Crippen LogP) is 4.38. The van der Waals surface area contributed by atoms with Gasteiger partial charge in [-0.05, 0) is 36.2 Å². The van der Waals surface area contributed by atoms with Crippen molar-refractivity contribution < 1.29 is 9.59 Å². The first-order valence-electron chi connectivity index (χ1n) is 11.0. The van der Waals surface area contributed by atoms with Gasteiger partial charge < -0.3 is 10.6 Å². The number of aromatic nitrogens is 3. The molecule has 0 unspecified atom stereocenters. The van der Waals surface area contributed by atoms with Gasteiger partial charge in [-0.3, -0.25) is 19.4 Å². The first-order chi connectivity index (χ1) is 17.0. The van der Waals surface area contributed by atoms with Crippen LogP contribution < -0.4 is 16.2 Å². The molecule has 9 heteroatoms. The minimum absolute atomic E-state index is 0.0612. The van der Waals surface area contributed by atoms with Crippen molar-refractivity contribution in [2.24, 2.45) is 0 Å². The van der Waals surface area contributed by atoms with Crippen LogP contribution in [0.3, 0.4) is 0 Å². The second-order valence-corrected chi connectivity index (χ2v) is 8.49. The summed E-state index contributed by atoms with van der Waals surface area (Å²) in [6.45, 7) is 2.02. The van der Waals surface area contributed by atoms with Crippen LogP contribution in [0.1, 0.15) is 22.8 Å². The molecule has 3 N–H and O–H groups in total. The summed E-state index contributed by atoms with van der Waals surface area (Å²) in [6.07, 6.45) is 0.803. The zero-order valence-corrected chi connectivity index (χ0v) is 19.8. The van der Waals surface area contributed by atoms with E-state index in [1.54, 1.807) is 48.5 Å². The first kappa shape index (κ1) is 23.9. The van der Waals surface area contributed by atoms with E-state index in [0.29, 0.717) is 16.8 Å². The van der Waals surface area contributed by atoms with Crippen LogP contribution >= 0.6 is 11.8 Å². The summed E-state index contributed by atoms with van der Waals surface area (Å²) in [4.78, 5) is 40.4. The van der Waals surface area contributed by atoms with Gasteiger partial charge in [0.05, 0.1) is 11.4 Å². The van der Waals surface area contributed by atoms with Crippen LogP contribution in [0.15, 0.2) is 88.8 Å². The molecule has 0 fully saturated rings. The van der Waals surface area contributed by atoms with E-state index in [0.717, 1.165) is 29.4 Å². The molecule has 176 valence electrons. The number of thioether (sulfide) groups is 1. The topological polar surface area (TPSA) is 117 Å². The summed E-state index contributed by atoms with van der Waals surface area (Å²) in [5.74, 6) is -0.451. The van der Waals surface area contributed by atoms with Crippen molar-refractivity contribution in [3.05, 3.63) is 100 Å². The van der Waals surface area contributed by atoms with Gasteiger partial charge in [0.25, 0.3) is 11.5 Å². The van der Waals surface area contributed by atoms with Gasteiger partial charge in [0.1, 0.15) is 0 Å². The van der Waals surface area contributed by atoms with Crippen molar-refractivity contribution in [3.63, 3.8) is 0 Å². The number of hydrogen-bond donors (Lipinski definition) is 3. The molecule has 35 heavy (non-hydrogen) atoms. The monoisotopic (exact) mass is 485 g/mol. The van der Waals surface area contributed by atoms with Crippen LogP contribution in [0, 0.1) is 0 Å². The van der Waals surface area contributed by atoms with E-state index in [1.807, 2.05) is 37.3 Å². The predicted molar refractivity (Wildman–Crippen MR) is 138 cm³/mol. The lowest BCUT2D eigenvalue weighted by Crippen LogP contribution is -2.18. The van der Waals surface area contributed by atoms with Crippen LogP contribution in [0.4, 0.5) is 11.4 Å². The number of hydrogen-bond acceptors (Lipinski definition) is 6. The summed E-state index contributed by atoms with van der Waals surface area (Å²) < 4.78 is 0. The van der Waals surface area contributed by atoms with Gasteiger partial charge in [-0.1, -0.05) is 73.3 Å². The van der Waals surface area contributed by atoms with Gasteiger partial charge in [-0.2, -0.15) is 0 Å². The van der Waals surface area contributed by atoms with E-state index in [1.165, 1.54) is 0 Å². The van der Waals surface area contributed by atoms with E-state index in [2.05, 4.69) is 25.8 Å². The maximum atomic E-state index is 12.8. The largest absolute Gasteiger partial charge is 0.325 e. The highest BCUT2D eigenvalue weighted by atomic mass is 32.2. The summed E-state index contributed by atoms with van der Waals surface area (Å²) in [7, 11) is 0. The van der Waals surface area contributed by atoms with Crippen LogP contribution in [0.5, 0.6) is 0 Å². The van der Waals surface area contributed by atoms with Crippen molar-refractivity contribution in [2.75, 3.05) is 16.4 Å². The van der Waals surface area contributed by atoms with Crippen molar-refractivity contribution in [1.29, 1.82) is 0 Å².